The van der Waals surface area contributed by atoms with E-state index in [4.69, 9.17) is 4.98 Å². The SMILES string of the molecule is CCNC(C)(c1nc(C(C)(C)C)cs1)C1(C)CC1. The van der Waals surface area contributed by atoms with E-state index in [9.17, 15) is 0 Å². The Balaban J connectivity index is 2.35. The first-order valence-corrected chi connectivity index (χ1v) is 7.82. The zero-order valence-corrected chi connectivity index (χ0v) is 13.4. The van der Waals surface area contributed by atoms with Gasteiger partial charge in [-0.15, -0.1) is 11.3 Å². The Bertz CT molecular complexity index is 426. The van der Waals surface area contributed by atoms with Crippen molar-refractivity contribution in [1.29, 1.82) is 0 Å². The van der Waals surface area contributed by atoms with Crippen LogP contribution in [-0.2, 0) is 11.0 Å². The second-order valence-corrected chi connectivity index (χ2v) is 7.86. The molecule has 1 fully saturated rings. The molecule has 0 aromatic carbocycles. The molecule has 0 radical (unpaired) electrons. The molecule has 1 saturated carbocycles. The van der Waals surface area contributed by atoms with Gasteiger partial charge in [-0.2, -0.15) is 0 Å². The van der Waals surface area contributed by atoms with Crippen molar-refractivity contribution in [1.82, 2.24) is 10.3 Å². The molecule has 1 aliphatic carbocycles. The second-order valence-electron chi connectivity index (χ2n) is 7.00. The minimum Gasteiger partial charge on any atom is -0.305 e. The summed E-state index contributed by atoms with van der Waals surface area (Å²) < 4.78 is 0. The van der Waals surface area contributed by atoms with Crippen LogP contribution in [0.15, 0.2) is 5.38 Å². The first-order valence-electron chi connectivity index (χ1n) is 6.94. The van der Waals surface area contributed by atoms with E-state index >= 15 is 0 Å². The third-order valence-corrected chi connectivity index (χ3v) is 5.50. The molecule has 1 aromatic heterocycles. The predicted molar refractivity (Wildman–Crippen MR) is 79.2 cm³/mol. The minimum atomic E-state index is 0.0376. The highest BCUT2D eigenvalue weighted by molar-refractivity contribution is 7.09. The summed E-state index contributed by atoms with van der Waals surface area (Å²) in [6.07, 6.45) is 2.61. The molecule has 1 aliphatic rings. The lowest BCUT2D eigenvalue weighted by Crippen LogP contribution is -2.46. The monoisotopic (exact) mass is 266 g/mol. The Morgan fingerprint density at radius 2 is 1.94 bits per heavy atom. The lowest BCUT2D eigenvalue weighted by atomic mass is 9.84. The van der Waals surface area contributed by atoms with Crippen molar-refractivity contribution in [2.75, 3.05) is 6.54 Å². The first-order chi connectivity index (χ1) is 8.23. The zero-order chi connectivity index (χ0) is 13.6. The standard InChI is InChI=1S/C15H26N2S/c1-7-16-15(6,14(5)8-9-14)12-17-11(10-18-12)13(2,3)4/h10,16H,7-9H2,1-6H3. The molecule has 3 heteroatoms. The van der Waals surface area contributed by atoms with E-state index in [0.717, 1.165) is 6.54 Å². The molecule has 1 N–H and O–H groups in total. The van der Waals surface area contributed by atoms with Gasteiger partial charge in [0.1, 0.15) is 5.01 Å². The number of aromatic nitrogens is 1. The van der Waals surface area contributed by atoms with Gasteiger partial charge in [0.05, 0.1) is 11.2 Å². The Morgan fingerprint density at radius 1 is 1.33 bits per heavy atom. The molecule has 0 spiro atoms. The number of hydrogen-bond acceptors (Lipinski definition) is 3. The van der Waals surface area contributed by atoms with Crippen LogP contribution in [0.25, 0.3) is 0 Å². The summed E-state index contributed by atoms with van der Waals surface area (Å²) in [6, 6.07) is 0. The Hall–Kier alpha value is -0.410. The van der Waals surface area contributed by atoms with Crippen molar-refractivity contribution in [2.24, 2.45) is 5.41 Å². The molecule has 18 heavy (non-hydrogen) atoms. The number of rotatable bonds is 4. The Labute approximate surface area is 115 Å². The van der Waals surface area contributed by atoms with Gasteiger partial charge in [0.25, 0.3) is 0 Å². The van der Waals surface area contributed by atoms with Crippen molar-refractivity contribution < 1.29 is 0 Å². The fraction of sp³-hybridized carbons (Fsp3) is 0.800. The van der Waals surface area contributed by atoms with Gasteiger partial charge in [-0.05, 0) is 31.7 Å². The van der Waals surface area contributed by atoms with Gasteiger partial charge in [-0.3, -0.25) is 0 Å². The normalized spacial score (nSPS) is 21.7. The highest BCUT2D eigenvalue weighted by atomic mass is 32.1. The van der Waals surface area contributed by atoms with E-state index in [-0.39, 0.29) is 11.0 Å². The van der Waals surface area contributed by atoms with Crippen LogP contribution in [0.2, 0.25) is 0 Å². The van der Waals surface area contributed by atoms with Crippen LogP contribution in [-0.4, -0.2) is 11.5 Å². The zero-order valence-electron chi connectivity index (χ0n) is 12.6. The maximum atomic E-state index is 4.93. The highest BCUT2D eigenvalue weighted by Crippen LogP contribution is 2.58. The third-order valence-electron chi connectivity index (χ3n) is 4.44. The molecule has 0 amide bonds. The molecule has 2 rings (SSSR count). The molecular formula is C15H26N2S. The molecule has 2 nitrogen and oxygen atoms in total. The number of nitrogens with zero attached hydrogens (tertiary/aromatic N) is 1. The summed E-state index contributed by atoms with van der Waals surface area (Å²) >= 11 is 1.82. The van der Waals surface area contributed by atoms with Crippen molar-refractivity contribution in [3.05, 3.63) is 16.1 Å². The van der Waals surface area contributed by atoms with Gasteiger partial charge in [-0.1, -0.05) is 34.6 Å². The van der Waals surface area contributed by atoms with Crippen LogP contribution < -0.4 is 5.32 Å². The first kappa shape index (κ1) is 14.0. The van der Waals surface area contributed by atoms with E-state index in [1.807, 2.05) is 11.3 Å². The quantitative estimate of drug-likeness (QED) is 0.888. The van der Waals surface area contributed by atoms with E-state index in [0.29, 0.717) is 5.41 Å². The van der Waals surface area contributed by atoms with E-state index in [1.54, 1.807) is 0 Å². The third kappa shape index (κ3) is 2.23. The van der Waals surface area contributed by atoms with Gasteiger partial charge in [-0.25, -0.2) is 4.98 Å². The summed E-state index contributed by atoms with van der Waals surface area (Å²) in [5, 5.41) is 7.18. The summed E-state index contributed by atoms with van der Waals surface area (Å²) in [4.78, 5) is 4.93. The van der Waals surface area contributed by atoms with Crippen molar-refractivity contribution in [2.45, 2.75) is 65.3 Å². The predicted octanol–water partition coefficient (Wildman–Crippen LogP) is 4.07. The van der Waals surface area contributed by atoms with Gasteiger partial charge >= 0.3 is 0 Å². The molecule has 1 aromatic rings. The van der Waals surface area contributed by atoms with Gasteiger partial charge < -0.3 is 5.32 Å². The van der Waals surface area contributed by atoms with E-state index in [2.05, 4.69) is 52.2 Å². The molecule has 0 aliphatic heterocycles. The minimum absolute atomic E-state index is 0.0376. The summed E-state index contributed by atoms with van der Waals surface area (Å²) in [7, 11) is 0. The fourth-order valence-corrected chi connectivity index (χ4v) is 3.77. The number of hydrogen-bond donors (Lipinski definition) is 1. The van der Waals surface area contributed by atoms with Gasteiger partial charge in [0.2, 0.25) is 0 Å². The summed E-state index contributed by atoms with van der Waals surface area (Å²) in [6.45, 7) is 14.6. The number of thiazole rings is 1. The van der Waals surface area contributed by atoms with Crippen LogP contribution >= 0.6 is 11.3 Å². The topological polar surface area (TPSA) is 24.9 Å². The summed E-state index contributed by atoms with van der Waals surface area (Å²) in [5.41, 5.74) is 1.79. The second kappa shape index (κ2) is 4.31. The van der Waals surface area contributed by atoms with Crippen LogP contribution in [0.3, 0.4) is 0 Å². The van der Waals surface area contributed by atoms with Gasteiger partial charge in [0.15, 0.2) is 0 Å². The van der Waals surface area contributed by atoms with Crippen LogP contribution in [0.4, 0.5) is 0 Å². The van der Waals surface area contributed by atoms with Gasteiger partial charge in [0, 0.05) is 10.8 Å². The van der Waals surface area contributed by atoms with Crippen molar-refractivity contribution in [3.63, 3.8) is 0 Å². The molecule has 1 unspecified atom stereocenters. The van der Waals surface area contributed by atoms with Crippen molar-refractivity contribution >= 4 is 11.3 Å². The highest BCUT2D eigenvalue weighted by Gasteiger charge is 2.55. The summed E-state index contributed by atoms with van der Waals surface area (Å²) in [5.74, 6) is 0. The van der Waals surface area contributed by atoms with E-state index in [1.165, 1.54) is 23.5 Å². The Kier molecular flexibility index (Phi) is 3.35. The molecule has 0 saturated heterocycles. The smallest absolute Gasteiger partial charge is 0.113 e. The van der Waals surface area contributed by atoms with Crippen LogP contribution in [0.5, 0.6) is 0 Å². The lowest BCUT2D eigenvalue weighted by Gasteiger charge is -2.35. The maximum absolute atomic E-state index is 4.93. The van der Waals surface area contributed by atoms with Crippen LogP contribution in [0.1, 0.15) is 65.1 Å². The number of nitrogens with one attached hydrogen (secondary N) is 1. The maximum Gasteiger partial charge on any atom is 0.113 e. The largest absolute Gasteiger partial charge is 0.305 e. The lowest BCUT2D eigenvalue weighted by molar-refractivity contribution is 0.230. The average molecular weight is 266 g/mol. The van der Waals surface area contributed by atoms with E-state index < -0.39 is 0 Å². The molecule has 102 valence electrons. The average Bonchev–Trinajstić information content (AvgIpc) is 2.82. The Morgan fingerprint density at radius 3 is 2.33 bits per heavy atom. The fourth-order valence-electron chi connectivity index (χ4n) is 2.44. The van der Waals surface area contributed by atoms with Crippen LogP contribution in [0, 0.1) is 5.41 Å². The molecule has 1 heterocycles. The molecular weight excluding hydrogens is 240 g/mol. The molecule has 1 atom stereocenters. The van der Waals surface area contributed by atoms with Crippen molar-refractivity contribution in [3.8, 4) is 0 Å². The molecule has 0 bridgehead atoms.